The molecule has 1 atom stereocenters. The molecule has 1 fully saturated rings. The number of alkyl halides is 1. The second-order valence-electron chi connectivity index (χ2n) is 4.62. The van der Waals surface area contributed by atoms with E-state index in [0.717, 1.165) is 17.8 Å². The zero-order valence-electron chi connectivity index (χ0n) is 9.63. The van der Waals surface area contributed by atoms with Gasteiger partial charge < -0.3 is 0 Å². The van der Waals surface area contributed by atoms with E-state index in [2.05, 4.69) is 26.9 Å². The normalized spacial score (nSPS) is 21.0. The minimum Gasteiger partial charge on any atom is -0.299 e. The van der Waals surface area contributed by atoms with Gasteiger partial charge in [0.15, 0.2) is 0 Å². The molecule has 0 aliphatic carbocycles. The van der Waals surface area contributed by atoms with E-state index in [4.69, 9.17) is 23.2 Å². The van der Waals surface area contributed by atoms with Crippen LogP contribution in [0, 0.1) is 5.92 Å². The molecule has 2 rings (SSSR count). The Labute approximate surface area is 121 Å². The second-order valence-corrected chi connectivity index (χ2v) is 6.22. The molecule has 17 heavy (non-hydrogen) atoms. The van der Waals surface area contributed by atoms with Gasteiger partial charge >= 0.3 is 0 Å². The Hall–Kier alpha value is 0.240. The third-order valence-electron chi connectivity index (χ3n) is 3.28. The molecule has 1 nitrogen and oxygen atoms in total. The monoisotopic (exact) mass is 335 g/mol. The average molecular weight is 337 g/mol. The van der Waals surface area contributed by atoms with E-state index in [-0.39, 0.29) is 0 Å². The molecule has 0 aromatic heterocycles. The van der Waals surface area contributed by atoms with Gasteiger partial charge in [-0.05, 0) is 43.0 Å². The van der Waals surface area contributed by atoms with Crippen LogP contribution in [0.3, 0.4) is 0 Å². The topological polar surface area (TPSA) is 3.24 Å². The maximum atomic E-state index is 6.02. The molecule has 0 saturated carbocycles. The molecule has 1 aromatic rings. The lowest BCUT2D eigenvalue weighted by atomic mass is 10.1. The molecule has 1 aliphatic rings. The van der Waals surface area contributed by atoms with Crippen molar-refractivity contribution < 1.29 is 0 Å². The zero-order valence-corrected chi connectivity index (χ0v) is 12.7. The molecular weight excluding hydrogens is 321 g/mol. The fourth-order valence-electron chi connectivity index (χ4n) is 2.34. The lowest BCUT2D eigenvalue weighted by molar-refractivity contribution is 0.315. The maximum absolute atomic E-state index is 6.02. The highest BCUT2D eigenvalue weighted by Crippen LogP contribution is 2.26. The molecule has 0 N–H and O–H groups in total. The van der Waals surface area contributed by atoms with Crippen molar-refractivity contribution in [2.24, 2.45) is 5.92 Å². The van der Waals surface area contributed by atoms with Gasteiger partial charge in [0.25, 0.3) is 0 Å². The summed E-state index contributed by atoms with van der Waals surface area (Å²) in [4.78, 5) is 2.49. The van der Waals surface area contributed by atoms with Crippen molar-refractivity contribution in [3.8, 4) is 0 Å². The predicted octanol–water partition coefficient (Wildman–Crippen LogP) is 4.60. The Bertz CT molecular complexity index is 384. The summed E-state index contributed by atoms with van der Waals surface area (Å²) in [6.45, 7) is 3.37. The van der Waals surface area contributed by atoms with Gasteiger partial charge in [0.05, 0.1) is 10.0 Å². The van der Waals surface area contributed by atoms with Crippen molar-refractivity contribution in [3.63, 3.8) is 0 Å². The largest absolute Gasteiger partial charge is 0.299 e. The Morgan fingerprint density at radius 3 is 2.82 bits per heavy atom. The number of rotatable bonds is 4. The number of halogens is 3. The van der Waals surface area contributed by atoms with E-state index in [1.165, 1.54) is 31.5 Å². The van der Waals surface area contributed by atoms with E-state index in [1.54, 1.807) is 0 Å². The zero-order chi connectivity index (χ0) is 12.3. The first kappa shape index (κ1) is 13.7. The van der Waals surface area contributed by atoms with Crippen LogP contribution in [0.4, 0.5) is 0 Å². The van der Waals surface area contributed by atoms with Gasteiger partial charge in [0, 0.05) is 18.4 Å². The standard InChI is InChI=1S/C13H16BrCl2N/c14-5-3-10-4-6-17(8-10)9-11-1-2-12(15)13(16)7-11/h1-2,7,10H,3-6,8-9H2. The van der Waals surface area contributed by atoms with Gasteiger partial charge in [-0.25, -0.2) is 0 Å². The van der Waals surface area contributed by atoms with Crippen LogP contribution in [0.25, 0.3) is 0 Å². The lowest BCUT2D eigenvalue weighted by Gasteiger charge is -2.16. The van der Waals surface area contributed by atoms with Crippen molar-refractivity contribution >= 4 is 39.1 Å². The summed E-state index contributed by atoms with van der Waals surface area (Å²) < 4.78 is 0. The average Bonchev–Trinajstić information content (AvgIpc) is 2.72. The van der Waals surface area contributed by atoms with Crippen LogP contribution in [-0.4, -0.2) is 23.3 Å². The van der Waals surface area contributed by atoms with E-state index in [9.17, 15) is 0 Å². The SMILES string of the molecule is Clc1ccc(CN2CCC(CCBr)C2)cc1Cl. The Kier molecular flexibility index (Phi) is 5.16. The Morgan fingerprint density at radius 1 is 1.29 bits per heavy atom. The number of nitrogens with zero attached hydrogens (tertiary/aromatic N) is 1. The van der Waals surface area contributed by atoms with Gasteiger partial charge in [0.2, 0.25) is 0 Å². The van der Waals surface area contributed by atoms with Crippen molar-refractivity contribution in [1.29, 1.82) is 0 Å². The number of hydrogen-bond donors (Lipinski definition) is 0. The highest BCUT2D eigenvalue weighted by molar-refractivity contribution is 9.09. The minimum atomic E-state index is 0.633. The van der Waals surface area contributed by atoms with Gasteiger partial charge in [-0.1, -0.05) is 45.2 Å². The summed E-state index contributed by atoms with van der Waals surface area (Å²) in [7, 11) is 0. The summed E-state index contributed by atoms with van der Waals surface area (Å²) >= 11 is 15.4. The molecule has 0 spiro atoms. The first-order valence-electron chi connectivity index (χ1n) is 5.91. The number of hydrogen-bond acceptors (Lipinski definition) is 1. The quantitative estimate of drug-likeness (QED) is 0.726. The number of likely N-dealkylation sites (tertiary alicyclic amines) is 1. The van der Waals surface area contributed by atoms with Crippen molar-refractivity contribution in [2.45, 2.75) is 19.4 Å². The smallest absolute Gasteiger partial charge is 0.0595 e. The van der Waals surface area contributed by atoms with Crippen molar-refractivity contribution in [3.05, 3.63) is 33.8 Å². The Morgan fingerprint density at radius 2 is 2.12 bits per heavy atom. The van der Waals surface area contributed by atoms with Crippen molar-refractivity contribution in [2.75, 3.05) is 18.4 Å². The number of benzene rings is 1. The molecule has 94 valence electrons. The highest BCUT2D eigenvalue weighted by Gasteiger charge is 2.21. The van der Waals surface area contributed by atoms with Crippen LogP contribution in [0.1, 0.15) is 18.4 Å². The van der Waals surface area contributed by atoms with Gasteiger partial charge in [-0.2, -0.15) is 0 Å². The predicted molar refractivity (Wildman–Crippen MR) is 78.3 cm³/mol. The third-order valence-corrected chi connectivity index (χ3v) is 4.47. The molecule has 1 aromatic carbocycles. The molecule has 4 heteroatoms. The maximum Gasteiger partial charge on any atom is 0.0595 e. The summed E-state index contributed by atoms with van der Waals surface area (Å²) in [6, 6.07) is 5.92. The molecular formula is C13H16BrCl2N. The van der Waals surface area contributed by atoms with Crippen LogP contribution in [0.15, 0.2) is 18.2 Å². The molecule has 0 radical (unpaired) electrons. The van der Waals surface area contributed by atoms with Gasteiger partial charge in [-0.15, -0.1) is 0 Å². The highest BCUT2D eigenvalue weighted by atomic mass is 79.9. The van der Waals surface area contributed by atoms with E-state index < -0.39 is 0 Å². The molecule has 0 bridgehead atoms. The van der Waals surface area contributed by atoms with E-state index in [1.807, 2.05) is 12.1 Å². The van der Waals surface area contributed by atoms with Crippen LogP contribution in [0.2, 0.25) is 10.0 Å². The summed E-state index contributed by atoms with van der Waals surface area (Å²) in [5.41, 5.74) is 1.25. The molecule has 1 saturated heterocycles. The summed E-state index contributed by atoms with van der Waals surface area (Å²) in [6.07, 6.45) is 2.59. The van der Waals surface area contributed by atoms with Crippen LogP contribution < -0.4 is 0 Å². The Balaban J connectivity index is 1.91. The van der Waals surface area contributed by atoms with Crippen LogP contribution in [-0.2, 0) is 6.54 Å². The summed E-state index contributed by atoms with van der Waals surface area (Å²) in [5.74, 6) is 0.845. The first-order chi connectivity index (χ1) is 8.19. The second kappa shape index (κ2) is 6.42. The fourth-order valence-corrected chi connectivity index (χ4v) is 3.31. The minimum absolute atomic E-state index is 0.633. The molecule has 1 aliphatic heterocycles. The van der Waals surface area contributed by atoms with Crippen molar-refractivity contribution in [1.82, 2.24) is 4.90 Å². The van der Waals surface area contributed by atoms with E-state index >= 15 is 0 Å². The fraction of sp³-hybridized carbons (Fsp3) is 0.538. The van der Waals surface area contributed by atoms with Crippen LogP contribution in [0.5, 0.6) is 0 Å². The third kappa shape index (κ3) is 3.85. The molecule has 0 amide bonds. The molecule has 1 heterocycles. The van der Waals surface area contributed by atoms with Crippen LogP contribution >= 0.6 is 39.1 Å². The van der Waals surface area contributed by atoms with Gasteiger partial charge in [-0.3, -0.25) is 4.90 Å². The lowest BCUT2D eigenvalue weighted by Crippen LogP contribution is -2.20. The first-order valence-corrected chi connectivity index (χ1v) is 7.79. The molecule has 1 unspecified atom stereocenters. The van der Waals surface area contributed by atoms with E-state index in [0.29, 0.717) is 10.0 Å². The van der Waals surface area contributed by atoms with Gasteiger partial charge in [0.1, 0.15) is 0 Å². The summed E-state index contributed by atoms with van der Waals surface area (Å²) in [5, 5.41) is 2.40.